The van der Waals surface area contributed by atoms with Gasteiger partial charge in [0, 0.05) is 26.2 Å². The van der Waals surface area contributed by atoms with Crippen LogP contribution in [0.15, 0.2) is 78.9 Å². The van der Waals surface area contributed by atoms with Gasteiger partial charge in [-0.05, 0) is 40.7 Å². The second kappa shape index (κ2) is 8.45. The lowest BCUT2D eigenvalue weighted by atomic mass is 9.92. The molecular formula is C27H28N2O. The summed E-state index contributed by atoms with van der Waals surface area (Å²) in [7, 11) is 0. The SMILES string of the molecule is O=C(Cc1ccccc1)N1CCN(C2c3ccccc3CCc3ccccc32)CC1. The number of nitrogens with zero attached hydrogens (tertiary/aromatic N) is 2. The third kappa shape index (κ3) is 3.78. The summed E-state index contributed by atoms with van der Waals surface area (Å²) in [6.45, 7) is 3.42. The molecule has 30 heavy (non-hydrogen) atoms. The number of hydrogen-bond donors (Lipinski definition) is 0. The number of benzene rings is 3. The maximum absolute atomic E-state index is 12.8. The van der Waals surface area contributed by atoms with E-state index < -0.39 is 0 Å². The first-order valence-electron chi connectivity index (χ1n) is 11.0. The van der Waals surface area contributed by atoms with Crippen LogP contribution in [0.4, 0.5) is 0 Å². The van der Waals surface area contributed by atoms with Crippen molar-refractivity contribution < 1.29 is 4.79 Å². The van der Waals surface area contributed by atoms with Crippen LogP contribution < -0.4 is 0 Å². The fourth-order valence-electron chi connectivity index (χ4n) is 5.00. The van der Waals surface area contributed by atoms with Gasteiger partial charge in [-0.3, -0.25) is 9.69 Å². The van der Waals surface area contributed by atoms with Crippen molar-refractivity contribution in [3.63, 3.8) is 0 Å². The van der Waals surface area contributed by atoms with Crippen molar-refractivity contribution in [2.75, 3.05) is 26.2 Å². The van der Waals surface area contributed by atoms with E-state index in [9.17, 15) is 4.79 Å². The molecule has 1 fully saturated rings. The highest BCUT2D eigenvalue weighted by Gasteiger charge is 2.31. The van der Waals surface area contributed by atoms with E-state index >= 15 is 0 Å². The van der Waals surface area contributed by atoms with E-state index in [-0.39, 0.29) is 11.9 Å². The second-order valence-electron chi connectivity index (χ2n) is 8.38. The van der Waals surface area contributed by atoms with Gasteiger partial charge in [0.15, 0.2) is 0 Å². The molecule has 152 valence electrons. The predicted octanol–water partition coefficient (Wildman–Crippen LogP) is 4.26. The fraction of sp³-hybridized carbons (Fsp3) is 0.296. The van der Waals surface area contributed by atoms with E-state index in [0.29, 0.717) is 6.42 Å². The number of amides is 1. The molecule has 0 aromatic heterocycles. The Morgan fingerprint density at radius 1 is 0.700 bits per heavy atom. The van der Waals surface area contributed by atoms with Crippen LogP contribution in [0.2, 0.25) is 0 Å². The molecule has 1 saturated heterocycles. The highest BCUT2D eigenvalue weighted by Crippen LogP contribution is 2.37. The van der Waals surface area contributed by atoms with Crippen molar-refractivity contribution in [1.82, 2.24) is 9.80 Å². The number of piperazine rings is 1. The van der Waals surface area contributed by atoms with Gasteiger partial charge < -0.3 is 4.90 Å². The molecule has 0 spiro atoms. The summed E-state index contributed by atoms with van der Waals surface area (Å²) >= 11 is 0. The zero-order valence-corrected chi connectivity index (χ0v) is 17.3. The van der Waals surface area contributed by atoms with Gasteiger partial charge in [0.2, 0.25) is 5.91 Å². The summed E-state index contributed by atoms with van der Waals surface area (Å²) in [4.78, 5) is 17.4. The predicted molar refractivity (Wildman–Crippen MR) is 120 cm³/mol. The summed E-state index contributed by atoms with van der Waals surface area (Å²) < 4.78 is 0. The van der Waals surface area contributed by atoms with E-state index in [1.54, 1.807) is 0 Å². The van der Waals surface area contributed by atoms with Crippen LogP contribution in [-0.4, -0.2) is 41.9 Å². The van der Waals surface area contributed by atoms with Crippen molar-refractivity contribution in [3.05, 3.63) is 107 Å². The van der Waals surface area contributed by atoms with Crippen molar-refractivity contribution in [2.24, 2.45) is 0 Å². The van der Waals surface area contributed by atoms with Gasteiger partial charge in [-0.1, -0.05) is 78.9 Å². The zero-order valence-electron chi connectivity index (χ0n) is 17.3. The van der Waals surface area contributed by atoms with Crippen LogP contribution in [0.3, 0.4) is 0 Å². The molecule has 1 aliphatic heterocycles. The second-order valence-corrected chi connectivity index (χ2v) is 8.38. The maximum atomic E-state index is 12.8. The molecule has 0 atom stereocenters. The van der Waals surface area contributed by atoms with Crippen LogP contribution in [0, 0.1) is 0 Å². The minimum Gasteiger partial charge on any atom is -0.340 e. The lowest BCUT2D eigenvalue weighted by Crippen LogP contribution is -2.50. The number of hydrogen-bond acceptors (Lipinski definition) is 2. The molecule has 3 heteroatoms. The first-order chi connectivity index (χ1) is 14.8. The van der Waals surface area contributed by atoms with Crippen LogP contribution in [0.1, 0.15) is 33.9 Å². The van der Waals surface area contributed by atoms with Crippen molar-refractivity contribution >= 4 is 5.91 Å². The lowest BCUT2D eigenvalue weighted by molar-refractivity contribution is -0.132. The van der Waals surface area contributed by atoms with E-state index in [2.05, 4.69) is 53.4 Å². The normalized spacial score (nSPS) is 17.1. The molecule has 3 nitrogen and oxygen atoms in total. The summed E-state index contributed by atoms with van der Waals surface area (Å²) in [5.41, 5.74) is 6.89. The highest BCUT2D eigenvalue weighted by atomic mass is 16.2. The monoisotopic (exact) mass is 396 g/mol. The molecular weight excluding hydrogens is 368 g/mol. The quantitative estimate of drug-likeness (QED) is 0.660. The van der Waals surface area contributed by atoms with E-state index in [1.165, 1.54) is 22.3 Å². The number of carbonyl (C=O) groups excluding carboxylic acids is 1. The van der Waals surface area contributed by atoms with Crippen molar-refractivity contribution in [2.45, 2.75) is 25.3 Å². The Morgan fingerprint density at radius 2 is 1.23 bits per heavy atom. The maximum Gasteiger partial charge on any atom is 0.227 e. The molecule has 0 N–H and O–H groups in total. The molecule has 0 unspecified atom stereocenters. The molecule has 1 amide bonds. The summed E-state index contributed by atoms with van der Waals surface area (Å²) in [6.07, 6.45) is 2.69. The van der Waals surface area contributed by atoms with E-state index in [1.807, 2.05) is 35.2 Å². The standard InChI is InChI=1S/C27H28N2O/c30-26(20-21-8-2-1-3-9-21)28-16-18-29(19-17-28)27-24-12-6-4-10-22(24)14-15-23-11-5-7-13-25(23)27/h1-13,27H,14-20H2. The van der Waals surface area contributed by atoms with Gasteiger partial charge in [-0.15, -0.1) is 0 Å². The number of fused-ring (bicyclic) bond motifs is 2. The smallest absolute Gasteiger partial charge is 0.227 e. The molecule has 2 aliphatic rings. The third-order valence-corrected chi connectivity index (χ3v) is 6.59. The van der Waals surface area contributed by atoms with Gasteiger partial charge in [-0.25, -0.2) is 0 Å². The van der Waals surface area contributed by atoms with Crippen molar-refractivity contribution in [1.29, 1.82) is 0 Å². The minimum absolute atomic E-state index is 0.238. The molecule has 5 rings (SSSR count). The fourth-order valence-corrected chi connectivity index (χ4v) is 5.00. The Labute approximate surface area is 178 Å². The van der Waals surface area contributed by atoms with Gasteiger partial charge in [0.1, 0.15) is 0 Å². The van der Waals surface area contributed by atoms with Gasteiger partial charge in [0.25, 0.3) is 0 Å². The van der Waals surface area contributed by atoms with Gasteiger partial charge >= 0.3 is 0 Å². The Kier molecular flexibility index (Phi) is 5.37. The van der Waals surface area contributed by atoms with E-state index in [4.69, 9.17) is 0 Å². The summed E-state index contributed by atoms with van der Waals surface area (Å²) in [6, 6.07) is 28.2. The largest absolute Gasteiger partial charge is 0.340 e. The Morgan fingerprint density at radius 3 is 1.83 bits per heavy atom. The van der Waals surface area contributed by atoms with Crippen LogP contribution in [-0.2, 0) is 24.1 Å². The Hall–Kier alpha value is -2.91. The number of rotatable bonds is 3. The topological polar surface area (TPSA) is 23.6 Å². The van der Waals surface area contributed by atoms with E-state index in [0.717, 1.165) is 44.6 Å². The first-order valence-corrected chi connectivity index (χ1v) is 11.0. The Balaban J connectivity index is 1.35. The lowest BCUT2D eigenvalue weighted by Gasteiger charge is -2.40. The summed E-state index contributed by atoms with van der Waals surface area (Å²) in [5.74, 6) is 0.238. The van der Waals surface area contributed by atoms with Gasteiger partial charge in [0.05, 0.1) is 12.5 Å². The van der Waals surface area contributed by atoms with Crippen LogP contribution in [0.5, 0.6) is 0 Å². The average molecular weight is 397 g/mol. The third-order valence-electron chi connectivity index (χ3n) is 6.59. The molecule has 0 radical (unpaired) electrons. The average Bonchev–Trinajstić information content (AvgIpc) is 2.97. The Bertz CT molecular complexity index is 974. The van der Waals surface area contributed by atoms with Crippen molar-refractivity contribution in [3.8, 4) is 0 Å². The number of carbonyl (C=O) groups is 1. The number of aryl methyl sites for hydroxylation is 2. The molecule has 1 aliphatic carbocycles. The van der Waals surface area contributed by atoms with Crippen LogP contribution >= 0.6 is 0 Å². The first kappa shape index (κ1) is 19.1. The molecule has 3 aromatic carbocycles. The molecule has 3 aromatic rings. The zero-order chi connectivity index (χ0) is 20.3. The summed E-state index contributed by atoms with van der Waals surface area (Å²) in [5, 5.41) is 0. The molecule has 0 bridgehead atoms. The molecule has 0 saturated carbocycles. The highest BCUT2D eigenvalue weighted by molar-refractivity contribution is 5.78. The minimum atomic E-state index is 0.238. The molecule has 1 heterocycles. The van der Waals surface area contributed by atoms with Crippen LogP contribution in [0.25, 0.3) is 0 Å². The van der Waals surface area contributed by atoms with Gasteiger partial charge in [-0.2, -0.15) is 0 Å².